The van der Waals surface area contributed by atoms with Crippen molar-refractivity contribution in [2.75, 3.05) is 55.1 Å². The zero-order chi connectivity index (χ0) is 33.6. The van der Waals surface area contributed by atoms with E-state index in [4.69, 9.17) is 28.7 Å². The molecule has 1 aromatic heterocycles. The second-order valence-electron chi connectivity index (χ2n) is 9.16. The third-order valence-electron chi connectivity index (χ3n) is 5.99. The van der Waals surface area contributed by atoms with Crippen LogP contribution in [0.5, 0.6) is 0 Å². The van der Waals surface area contributed by atoms with Gasteiger partial charge in [-0.2, -0.15) is 15.0 Å². The lowest BCUT2D eigenvalue weighted by Crippen LogP contribution is -2.38. The predicted octanol–water partition coefficient (Wildman–Crippen LogP) is 4.65. The molecule has 12 nitrogen and oxygen atoms in total. The van der Waals surface area contributed by atoms with E-state index in [1.54, 1.807) is 64.5 Å². The summed E-state index contributed by atoms with van der Waals surface area (Å²) >= 11 is 0. The SMILES string of the molecule is C=CC(C)OCN(COC(C=C)C=C)c1nc(N(CO)COC(C=C)C=C)nc(N(COC(C=C)C=C)COC(C=C)C=C)n1. The van der Waals surface area contributed by atoms with Gasteiger partial charge >= 0.3 is 0 Å². The summed E-state index contributed by atoms with van der Waals surface area (Å²) in [5.74, 6) is 0.369. The van der Waals surface area contributed by atoms with Gasteiger partial charge in [0.2, 0.25) is 17.8 Å². The molecule has 0 radical (unpaired) electrons. The second-order valence-corrected chi connectivity index (χ2v) is 9.16. The van der Waals surface area contributed by atoms with E-state index in [0.29, 0.717) is 0 Å². The lowest BCUT2D eigenvalue weighted by atomic mass is 10.3. The molecule has 1 atom stereocenters. The van der Waals surface area contributed by atoms with Gasteiger partial charge in [-0.3, -0.25) is 14.7 Å². The van der Waals surface area contributed by atoms with E-state index in [1.165, 1.54) is 4.90 Å². The smallest absolute Gasteiger partial charge is 0.235 e. The third kappa shape index (κ3) is 13.6. The minimum Gasteiger partial charge on any atom is -0.376 e. The highest BCUT2D eigenvalue weighted by molar-refractivity contribution is 5.46. The first-order valence-electron chi connectivity index (χ1n) is 14.1. The molecule has 1 unspecified atom stereocenters. The molecule has 0 aromatic carbocycles. The van der Waals surface area contributed by atoms with Gasteiger partial charge in [-0.05, 0) is 6.92 Å². The largest absolute Gasteiger partial charge is 0.376 e. The van der Waals surface area contributed by atoms with Crippen molar-refractivity contribution in [2.24, 2.45) is 0 Å². The molecule has 1 aromatic rings. The maximum absolute atomic E-state index is 10.3. The number of aliphatic hydroxyl groups excluding tert-OH is 1. The lowest BCUT2D eigenvalue weighted by Gasteiger charge is -2.29. The monoisotopic (exact) mass is 624 g/mol. The van der Waals surface area contributed by atoms with Crippen molar-refractivity contribution in [3.63, 3.8) is 0 Å². The summed E-state index contributed by atoms with van der Waals surface area (Å²) in [7, 11) is 0. The first-order chi connectivity index (χ1) is 21.8. The Morgan fingerprint density at radius 2 is 0.756 bits per heavy atom. The number of nitrogens with zero attached hydrogens (tertiary/aromatic N) is 6. The van der Waals surface area contributed by atoms with E-state index in [-0.39, 0.29) is 57.6 Å². The van der Waals surface area contributed by atoms with Gasteiger partial charge in [0.1, 0.15) is 40.4 Å². The summed E-state index contributed by atoms with van der Waals surface area (Å²) < 4.78 is 29.5. The van der Waals surface area contributed by atoms with Crippen LogP contribution in [-0.4, -0.2) is 91.0 Å². The average Bonchev–Trinajstić information content (AvgIpc) is 3.07. The lowest BCUT2D eigenvalue weighted by molar-refractivity contribution is 0.0575. The summed E-state index contributed by atoms with van der Waals surface area (Å²) in [6.07, 6.45) is 12.2. The van der Waals surface area contributed by atoms with E-state index in [1.807, 2.05) is 6.92 Å². The van der Waals surface area contributed by atoms with Gasteiger partial charge in [0.05, 0.1) is 30.5 Å². The molecule has 1 heterocycles. The number of aromatic nitrogens is 3. The normalized spacial score (nSPS) is 11.6. The van der Waals surface area contributed by atoms with Gasteiger partial charge < -0.3 is 28.8 Å². The van der Waals surface area contributed by atoms with Crippen LogP contribution in [0.1, 0.15) is 6.92 Å². The highest BCUT2D eigenvalue weighted by Gasteiger charge is 2.23. The summed E-state index contributed by atoms with van der Waals surface area (Å²) in [6, 6.07) is 0. The van der Waals surface area contributed by atoms with Gasteiger partial charge in [-0.1, -0.05) is 54.7 Å². The molecule has 0 aliphatic rings. The highest BCUT2D eigenvalue weighted by atomic mass is 16.5. The summed E-state index contributed by atoms with van der Waals surface area (Å²) in [4.78, 5) is 18.6. The number of anilines is 3. The second kappa shape index (κ2) is 22.4. The van der Waals surface area contributed by atoms with E-state index in [2.05, 4.69) is 69.2 Å². The maximum Gasteiger partial charge on any atom is 0.235 e. The van der Waals surface area contributed by atoms with Crippen molar-refractivity contribution in [3.8, 4) is 0 Å². The topological polar surface area (TPSA) is 115 Å². The van der Waals surface area contributed by atoms with Crippen LogP contribution in [-0.2, 0) is 23.7 Å². The molecular weight excluding hydrogens is 576 g/mol. The molecule has 0 saturated carbocycles. The molecule has 1 rings (SSSR count). The quantitative estimate of drug-likeness (QED) is 0.103. The van der Waals surface area contributed by atoms with Gasteiger partial charge in [0.25, 0.3) is 0 Å². The number of rotatable bonds is 28. The predicted molar refractivity (Wildman–Crippen MR) is 180 cm³/mol. The minimum absolute atomic E-state index is 0.0126. The molecule has 45 heavy (non-hydrogen) atoms. The van der Waals surface area contributed by atoms with Crippen LogP contribution >= 0.6 is 0 Å². The Morgan fingerprint density at radius 1 is 0.489 bits per heavy atom. The number of hydrogen-bond acceptors (Lipinski definition) is 12. The van der Waals surface area contributed by atoms with E-state index in [9.17, 15) is 5.11 Å². The van der Waals surface area contributed by atoms with E-state index >= 15 is 0 Å². The Kier molecular flexibility index (Phi) is 19.3. The Labute approximate surface area is 267 Å². The molecule has 1 N–H and O–H groups in total. The van der Waals surface area contributed by atoms with E-state index < -0.39 is 31.1 Å². The van der Waals surface area contributed by atoms with Crippen molar-refractivity contribution in [1.29, 1.82) is 0 Å². The zero-order valence-corrected chi connectivity index (χ0v) is 26.4. The minimum atomic E-state index is -0.490. The Morgan fingerprint density at radius 3 is 1.02 bits per heavy atom. The molecule has 0 saturated heterocycles. The molecule has 246 valence electrons. The van der Waals surface area contributed by atoms with Crippen molar-refractivity contribution < 1.29 is 28.8 Å². The zero-order valence-electron chi connectivity index (χ0n) is 26.4. The van der Waals surface area contributed by atoms with E-state index in [0.717, 1.165) is 0 Å². The molecule has 12 heteroatoms. The molecule has 0 spiro atoms. The van der Waals surface area contributed by atoms with Crippen molar-refractivity contribution >= 4 is 17.8 Å². The van der Waals surface area contributed by atoms with Crippen LogP contribution in [0, 0.1) is 0 Å². The number of hydrogen-bond donors (Lipinski definition) is 1. The maximum atomic E-state index is 10.3. The van der Waals surface area contributed by atoms with Crippen LogP contribution in [0.4, 0.5) is 17.8 Å². The first kappa shape index (κ1) is 38.9. The van der Waals surface area contributed by atoms with Crippen LogP contribution in [0.3, 0.4) is 0 Å². The summed E-state index contributed by atoms with van der Waals surface area (Å²) in [5, 5.41) is 10.3. The molecule has 0 aliphatic carbocycles. The Hall–Kier alpha value is -4.17. The molecular formula is C33H48N6O6. The Bertz CT molecular complexity index is 1070. The molecule has 0 bridgehead atoms. The summed E-state index contributed by atoms with van der Waals surface area (Å²) in [6.45, 7) is 35.1. The number of ether oxygens (including phenoxy) is 5. The Balaban J connectivity index is 3.75. The number of aliphatic hydroxyl groups is 1. The van der Waals surface area contributed by atoms with Crippen LogP contribution in [0.25, 0.3) is 0 Å². The van der Waals surface area contributed by atoms with Crippen molar-refractivity contribution in [1.82, 2.24) is 15.0 Å². The van der Waals surface area contributed by atoms with Crippen LogP contribution in [0.2, 0.25) is 0 Å². The fraction of sp³-hybridized carbons (Fsp3) is 0.364. The van der Waals surface area contributed by atoms with Gasteiger partial charge in [0, 0.05) is 0 Å². The third-order valence-corrected chi connectivity index (χ3v) is 5.99. The van der Waals surface area contributed by atoms with Crippen LogP contribution in [0.15, 0.2) is 114 Å². The highest BCUT2D eigenvalue weighted by Crippen LogP contribution is 2.21. The van der Waals surface area contributed by atoms with Crippen LogP contribution < -0.4 is 14.7 Å². The van der Waals surface area contributed by atoms with Gasteiger partial charge in [-0.15, -0.1) is 59.2 Å². The van der Waals surface area contributed by atoms with Gasteiger partial charge in [-0.25, -0.2) is 0 Å². The van der Waals surface area contributed by atoms with Crippen molar-refractivity contribution in [2.45, 2.75) is 37.4 Å². The fourth-order valence-electron chi connectivity index (χ4n) is 3.14. The average molecular weight is 625 g/mol. The molecule has 0 amide bonds. The standard InChI is InChI=1S/C33H48N6O6/c1-11-26(10)41-22-38(23-43-28(14-4)15-5)32-34-31(37(20-40)21-42-27(12-2)13-3)35-33(36-32)39(24-44-29(16-6)17-7)25-45-30(18-8)19-9/h11-19,26-30,40H,1-9,20-25H2,10H3. The van der Waals surface area contributed by atoms with Crippen molar-refractivity contribution in [3.05, 3.63) is 114 Å². The first-order valence-corrected chi connectivity index (χ1v) is 14.1. The summed E-state index contributed by atoms with van der Waals surface area (Å²) in [5.41, 5.74) is 0. The molecule has 0 fully saturated rings. The van der Waals surface area contributed by atoms with Gasteiger partial charge in [0.15, 0.2) is 0 Å². The molecule has 0 aliphatic heterocycles. The fourth-order valence-corrected chi connectivity index (χ4v) is 3.14.